The average molecular weight is 684 g/mol. The van der Waals surface area contributed by atoms with Crippen molar-refractivity contribution in [1.82, 2.24) is 4.98 Å². The van der Waals surface area contributed by atoms with Gasteiger partial charge in [-0.05, 0) is 77.8 Å². The average Bonchev–Trinajstić information content (AvgIpc) is 3.93. The molecule has 1 aromatic heterocycles. The van der Waals surface area contributed by atoms with Crippen molar-refractivity contribution in [2.24, 2.45) is 5.92 Å². The Balaban J connectivity index is 0.000000155. The summed E-state index contributed by atoms with van der Waals surface area (Å²) in [5.41, 5.74) is 8.19. The number of nitrogens with zero attached hydrogens (tertiary/aromatic N) is 4. The molecule has 5 atom stereocenters. The number of pyridine rings is 1. The lowest BCUT2D eigenvalue weighted by Crippen LogP contribution is -2.28. The number of nitrogens with one attached hydrogen (secondary N) is 1. The first-order chi connectivity index (χ1) is 24.8. The lowest BCUT2D eigenvalue weighted by atomic mass is 9.77. The molecule has 258 valence electrons. The van der Waals surface area contributed by atoms with Gasteiger partial charge in [0.2, 0.25) is 0 Å². The summed E-state index contributed by atoms with van der Waals surface area (Å²) in [6, 6.07) is 26.8. The number of nitro benzene ring substituents is 3. The lowest BCUT2D eigenvalue weighted by Gasteiger charge is -2.37. The minimum Gasteiger partial charge on any atom is -0.378 e. The molecule has 0 amide bonds. The Labute approximate surface area is 294 Å². The predicted molar refractivity (Wildman–Crippen MR) is 197 cm³/mol. The van der Waals surface area contributed by atoms with Gasteiger partial charge in [-0.15, -0.1) is 0 Å². The van der Waals surface area contributed by atoms with Crippen molar-refractivity contribution < 1.29 is 14.8 Å². The lowest BCUT2D eigenvalue weighted by molar-refractivity contribution is -0.385. The van der Waals surface area contributed by atoms with Crippen LogP contribution in [-0.2, 0) is 0 Å². The van der Waals surface area contributed by atoms with Gasteiger partial charge in [-0.1, -0.05) is 68.5 Å². The van der Waals surface area contributed by atoms with Gasteiger partial charge in [-0.3, -0.25) is 30.3 Å². The van der Waals surface area contributed by atoms with Crippen LogP contribution >= 0.6 is 0 Å². The number of benzene rings is 4. The van der Waals surface area contributed by atoms with Crippen LogP contribution in [0, 0.1) is 36.3 Å². The van der Waals surface area contributed by atoms with Crippen molar-refractivity contribution in [2.75, 3.05) is 5.32 Å². The maximum absolute atomic E-state index is 11.2. The van der Waals surface area contributed by atoms with E-state index in [9.17, 15) is 30.3 Å². The third kappa shape index (κ3) is 6.09. The number of fused-ring (bicyclic) bond motifs is 10. The Bertz CT molecular complexity index is 2220. The first kappa shape index (κ1) is 33.5. The minimum absolute atomic E-state index is 0.0370. The van der Waals surface area contributed by atoms with E-state index in [1.165, 1.54) is 17.7 Å². The fourth-order valence-corrected chi connectivity index (χ4v) is 8.46. The summed E-state index contributed by atoms with van der Waals surface area (Å²) in [7, 11) is 0. The Morgan fingerprint density at radius 3 is 2.14 bits per heavy atom. The highest BCUT2D eigenvalue weighted by molar-refractivity contribution is 5.91. The first-order valence-electron chi connectivity index (χ1n) is 17.4. The summed E-state index contributed by atoms with van der Waals surface area (Å²) in [6.07, 6.45) is 8.67. The summed E-state index contributed by atoms with van der Waals surface area (Å²) >= 11 is 0. The number of allylic oxidation sites excluding steroid dienone is 2. The van der Waals surface area contributed by atoms with E-state index in [0.717, 1.165) is 64.7 Å². The summed E-state index contributed by atoms with van der Waals surface area (Å²) in [4.78, 5) is 37.1. The Kier molecular flexibility index (Phi) is 9.03. The van der Waals surface area contributed by atoms with Crippen molar-refractivity contribution in [2.45, 2.75) is 63.3 Å². The van der Waals surface area contributed by atoms with E-state index in [1.807, 2.05) is 32.0 Å². The summed E-state index contributed by atoms with van der Waals surface area (Å²) in [5, 5.41) is 37.9. The molecule has 1 fully saturated rings. The van der Waals surface area contributed by atoms with Crippen LogP contribution in [0.15, 0.2) is 103 Å². The second-order valence-electron chi connectivity index (χ2n) is 13.2. The number of para-hydroxylation sites is 1. The quantitative estimate of drug-likeness (QED) is 0.109. The molecule has 5 aromatic rings. The fourth-order valence-electron chi connectivity index (χ4n) is 8.46. The zero-order valence-corrected chi connectivity index (χ0v) is 28.3. The van der Waals surface area contributed by atoms with Gasteiger partial charge in [0.25, 0.3) is 17.1 Å². The molecule has 4 aromatic carbocycles. The van der Waals surface area contributed by atoms with Crippen molar-refractivity contribution in [1.29, 1.82) is 0 Å². The van der Waals surface area contributed by atoms with E-state index in [-0.39, 0.29) is 33.0 Å². The molecule has 0 spiro atoms. The van der Waals surface area contributed by atoms with E-state index < -0.39 is 4.92 Å². The number of aromatic nitrogens is 1. The van der Waals surface area contributed by atoms with Gasteiger partial charge < -0.3 is 5.32 Å². The molecule has 0 radical (unpaired) electrons. The van der Waals surface area contributed by atoms with Crippen LogP contribution in [0.25, 0.3) is 22.2 Å². The zero-order chi connectivity index (χ0) is 35.8. The molecule has 9 rings (SSSR count). The van der Waals surface area contributed by atoms with Gasteiger partial charge in [0.1, 0.15) is 0 Å². The van der Waals surface area contributed by atoms with Crippen LogP contribution in [0.4, 0.5) is 22.7 Å². The highest BCUT2D eigenvalue weighted by Gasteiger charge is 2.41. The predicted octanol–water partition coefficient (Wildman–Crippen LogP) is 10.5. The molecule has 4 unspecified atom stereocenters. The van der Waals surface area contributed by atoms with Gasteiger partial charge in [-0.25, -0.2) is 4.98 Å². The standard InChI is InChI=1S/C20H15N3O4.C18H16N2O2.C2H6/c24-22(25)14-3-1-2-13(9-14)20-19-12-5-4-11(8-12)18(19)16-10-15(23(26)27)6-7-17(16)21-20;21-20(22)13-6-3-5-12(11-13)18-16-9-4-8-14(16)15-7-1-2-10-17(15)19-18;1-2/h1-3,6-7,9-12H,4-5,8H2;1-8,10-11,14,16,18-19H,9H2;1-2H3/t11-,12?;;/m1../s1. The third-order valence-electron chi connectivity index (χ3n) is 10.6. The Morgan fingerprint density at radius 1 is 0.725 bits per heavy atom. The highest BCUT2D eigenvalue weighted by atomic mass is 16.6. The molecule has 1 aliphatic heterocycles. The third-order valence-corrected chi connectivity index (χ3v) is 10.6. The van der Waals surface area contributed by atoms with Crippen molar-refractivity contribution in [3.63, 3.8) is 0 Å². The number of nitro groups is 3. The fraction of sp³-hybridized carbons (Fsp3) is 0.275. The molecule has 3 aliphatic carbocycles. The molecule has 2 heterocycles. The van der Waals surface area contributed by atoms with Gasteiger partial charge in [-0.2, -0.15) is 0 Å². The minimum atomic E-state index is -0.402. The maximum Gasteiger partial charge on any atom is 0.270 e. The summed E-state index contributed by atoms with van der Waals surface area (Å²) in [5.74, 6) is 1.56. The van der Waals surface area contributed by atoms with Crippen LogP contribution in [0.1, 0.15) is 85.6 Å². The second kappa shape index (κ2) is 13.7. The van der Waals surface area contributed by atoms with Crippen LogP contribution in [0.2, 0.25) is 0 Å². The monoisotopic (exact) mass is 683 g/mol. The Hall–Kier alpha value is -5.97. The number of non-ortho nitro benzene ring substituents is 3. The SMILES string of the molecule is CC.O=[N+]([O-])c1cccc(-c2nc3ccc([N+](=O)[O-])cc3c3c2C2CC[C@@H]3C2)c1.O=[N+]([O-])c1cccc(C2Nc3ccccc3C3C=CCC32)c1. The van der Waals surface area contributed by atoms with Crippen molar-refractivity contribution in [3.05, 3.63) is 156 Å². The van der Waals surface area contributed by atoms with E-state index >= 15 is 0 Å². The topological polar surface area (TPSA) is 154 Å². The molecule has 2 bridgehead atoms. The van der Waals surface area contributed by atoms with Crippen LogP contribution in [0.5, 0.6) is 0 Å². The molecule has 1 N–H and O–H groups in total. The summed E-state index contributed by atoms with van der Waals surface area (Å²) < 4.78 is 0. The van der Waals surface area contributed by atoms with E-state index in [4.69, 9.17) is 4.98 Å². The molecular weight excluding hydrogens is 646 g/mol. The van der Waals surface area contributed by atoms with E-state index in [1.54, 1.807) is 42.5 Å². The van der Waals surface area contributed by atoms with Crippen molar-refractivity contribution in [3.8, 4) is 11.3 Å². The molecular formula is C40H37N5O6. The molecule has 11 heteroatoms. The number of anilines is 1. The molecule has 11 nitrogen and oxygen atoms in total. The number of hydrogen-bond acceptors (Lipinski definition) is 8. The smallest absolute Gasteiger partial charge is 0.270 e. The highest BCUT2D eigenvalue weighted by Crippen LogP contribution is 2.57. The summed E-state index contributed by atoms with van der Waals surface area (Å²) in [6.45, 7) is 4.00. The van der Waals surface area contributed by atoms with Gasteiger partial charge in [0.15, 0.2) is 0 Å². The molecule has 51 heavy (non-hydrogen) atoms. The largest absolute Gasteiger partial charge is 0.378 e. The normalized spacial score (nSPS) is 21.6. The molecule has 4 aliphatic rings. The zero-order valence-electron chi connectivity index (χ0n) is 28.3. The van der Waals surface area contributed by atoms with Crippen LogP contribution in [-0.4, -0.2) is 19.8 Å². The number of hydrogen-bond donors (Lipinski definition) is 1. The molecule has 1 saturated carbocycles. The van der Waals surface area contributed by atoms with Crippen LogP contribution in [0.3, 0.4) is 0 Å². The van der Waals surface area contributed by atoms with Gasteiger partial charge >= 0.3 is 0 Å². The van der Waals surface area contributed by atoms with E-state index in [0.29, 0.717) is 29.2 Å². The van der Waals surface area contributed by atoms with Gasteiger partial charge in [0.05, 0.1) is 32.0 Å². The van der Waals surface area contributed by atoms with E-state index in [2.05, 4.69) is 35.7 Å². The van der Waals surface area contributed by atoms with Crippen molar-refractivity contribution >= 4 is 33.7 Å². The maximum atomic E-state index is 11.2. The second-order valence-corrected chi connectivity index (χ2v) is 13.2. The molecule has 0 saturated heterocycles. The van der Waals surface area contributed by atoms with Gasteiger partial charge in [0, 0.05) is 59.0 Å². The first-order valence-corrected chi connectivity index (χ1v) is 17.4. The number of rotatable bonds is 5. The van der Waals surface area contributed by atoms with Crippen LogP contribution < -0.4 is 5.32 Å². The Morgan fingerprint density at radius 2 is 1.39 bits per heavy atom.